The van der Waals surface area contributed by atoms with Crippen LogP contribution >= 0.6 is 46.4 Å². The Hall–Kier alpha value is -1.79. The number of hydrogen-bond acceptors (Lipinski definition) is 4. The van der Waals surface area contributed by atoms with Crippen molar-refractivity contribution in [3.63, 3.8) is 0 Å². The second-order valence-corrected chi connectivity index (χ2v) is 6.30. The standard InChI is InChI=1S/C15H7Cl4N3O2/c16-7-1-3-9(11(18)5-7)13(23)20-15-22-21-14(24-15)10-4-2-8(17)6-12(10)19/h1-6H,(H,20,22,23). The van der Waals surface area contributed by atoms with E-state index in [0.29, 0.717) is 20.6 Å². The number of benzene rings is 2. The molecule has 0 fully saturated rings. The van der Waals surface area contributed by atoms with Crippen LogP contribution in [0.2, 0.25) is 20.1 Å². The number of carbonyl (C=O) groups excluding carboxylic acids is 1. The van der Waals surface area contributed by atoms with E-state index in [1.807, 2.05) is 0 Å². The Morgan fingerprint density at radius 1 is 0.917 bits per heavy atom. The van der Waals surface area contributed by atoms with E-state index < -0.39 is 5.91 Å². The summed E-state index contributed by atoms with van der Waals surface area (Å²) in [5.74, 6) is -0.358. The normalized spacial score (nSPS) is 10.7. The zero-order valence-corrected chi connectivity index (χ0v) is 14.7. The minimum absolute atomic E-state index is 0.0907. The van der Waals surface area contributed by atoms with Crippen molar-refractivity contribution in [2.45, 2.75) is 0 Å². The van der Waals surface area contributed by atoms with Crippen LogP contribution in [0.15, 0.2) is 40.8 Å². The van der Waals surface area contributed by atoms with Gasteiger partial charge in [-0.2, -0.15) is 0 Å². The maximum atomic E-state index is 12.2. The first kappa shape index (κ1) is 17.0. The molecule has 1 N–H and O–H groups in total. The van der Waals surface area contributed by atoms with Crippen molar-refractivity contribution < 1.29 is 9.21 Å². The molecule has 0 saturated carbocycles. The molecule has 0 spiro atoms. The second-order valence-electron chi connectivity index (χ2n) is 4.61. The number of aromatic nitrogens is 2. The number of anilines is 1. The van der Waals surface area contributed by atoms with Crippen LogP contribution in [-0.2, 0) is 0 Å². The Labute approximate surface area is 156 Å². The van der Waals surface area contributed by atoms with Gasteiger partial charge in [0.1, 0.15) is 0 Å². The molecule has 9 heteroatoms. The second kappa shape index (κ2) is 6.99. The first-order valence-electron chi connectivity index (χ1n) is 6.49. The molecule has 3 rings (SSSR count). The smallest absolute Gasteiger partial charge is 0.322 e. The number of carbonyl (C=O) groups is 1. The van der Waals surface area contributed by atoms with Crippen LogP contribution in [-0.4, -0.2) is 16.1 Å². The van der Waals surface area contributed by atoms with Crippen LogP contribution in [0.4, 0.5) is 6.01 Å². The highest BCUT2D eigenvalue weighted by atomic mass is 35.5. The fourth-order valence-electron chi connectivity index (χ4n) is 1.88. The van der Waals surface area contributed by atoms with Crippen molar-refractivity contribution in [2.24, 2.45) is 0 Å². The first-order chi connectivity index (χ1) is 11.4. The number of hydrogen-bond donors (Lipinski definition) is 1. The Balaban J connectivity index is 1.82. The molecular formula is C15H7Cl4N3O2. The van der Waals surface area contributed by atoms with Crippen molar-refractivity contribution in [1.29, 1.82) is 0 Å². The average molecular weight is 403 g/mol. The fraction of sp³-hybridized carbons (Fsp3) is 0. The fourth-order valence-corrected chi connectivity index (χ4v) is 2.87. The highest BCUT2D eigenvalue weighted by Crippen LogP contribution is 2.30. The molecule has 0 unspecified atom stereocenters. The van der Waals surface area contributed by atoms with E-state index >= 15 is 0 Å². The van der Waals surface area contributed by atoms with E-state index in [9.17, 15) is 4.79 Å². The van der Waals surface area contributed by atoms with Crippen LogP contribution in [0.3, 0.4) is 0 Å². The Bertz CT molecular complexity index is 927. The predicted molar refractivity (Wildman–Crippen MR) is 94.2 cm³/mol. The van der Waals surface area contributed by atoms with Gasteiger partial charge in [0.25, 0.3) is 11.8 Å². The molecule has 0 bridgehead atoms. The number of rotatable bonds is 3. The maximum absolute atomic E-state index is 12.2. The van der Waals surface area contributed by atoms with Gasteiger partial charge in [-0.15, -0.1) is 5.10 Å². The molecule has 0 radical (unpaired) electrons. The van der Waals surface area contributed by atoms with Gasteiger partial charge >= 0.3 is 6.01 Å². The molecule has 0 aliphatic heterocycles. The lowest BCUT2D eigenvalue weighted by Crippen LogP contribution is -2.12. The van der Waals surface area contributed by atoms with Crippen molar-refractivity contribution >= 4 is 58.3 Å². The summed E-state index contributed by atoms with van der Waals surface area (Å²) < 4.78 is 5.40. The Morgan fingerprint density at radius 3 is 2.25 bits per heavy atom. The van der Waals surface area contributed by atoms with E-state index in [0.717, 1.165) is 0 Å². The molecule has 5 nitrogen and oxygen atoms in total. The SMILES string of the molecule is O=C(Nc1nnc(-c2ccc(Cl)cc2Cl)o1)c1ccc(Cl)cc1Cl. The average Bonchev–Trinajstić information content (AvgIpc) is 2.95. The van der Waals surface area contributed by atoms with Crippen LogP contribution in [0.5, 0.6) is 0 Å². The number of nitrogens with zero attached hydrogens (tertiary/aromatic N) is 2. The molecule has 0 saturated heterocycles. The van der Waals surface area contributed by atoms with Crippen LogP contribution in [0.25, 0.3) is 11.5 Å². The summed E-state index contributed by atoms with van der Waals surface area (Å²) in [6, 6.07) is 9.24. The predicted octanol–water partition coefficient (Wildman–Crippen LogP) is 5.60. The molecule has 0 aliphatic carbocycles. The van der Waals surface area contributed by atoms with Crippen LogP contribution in [0, 0.1) is 0 Å². The highest BCUT2D eigenvalue weighted by molar-refractivity contribution is 6.37. The third-order valence-corrected chi connectivity index (χ3v) is 4.08. The summed E-state index contributed by atoms with van der Waals surface area (Å²) >= 11 is 23.7. The molecule has 0 atom stereocenters. The summed E-state index contributed by atoms with van der Waals surface area (Å²) in [6.07, 6.45) is 0. The van der Waals surface area contributed by atoms with Crippen molar-refractivity contribution in [2.75, 3.05) is 5.32 Å². The molecule has 1 amide bonds. The van der Waals surface area contributed by atoms with E-state index in [2.05, 4.69) is 15.5 Å². The zero-order valence-electron chi connectivity index (χ0n) is 11.7. The molecular weight excluding hydrogens is 396 g/mol. The monoisotopic (exact) mass is 401 g/mol. The van der Waals surface area contributed by atoms with Crippen LogP contribution in [0.1, 0.15) is 10.4 Å². The summed E-state index contributed by atoms with van der Waals surface area (Å²) in [6.45, 7) is 0. The Morgan fingerprint density at radius 2 is 1.58 bits per heavy atom. The van der Waals surface area contributed by atoms with E-state index in [-0.39, 0.29) is 22.5 Å². The Kier molecular flexibility index (Phi) is 4.96. The minimum atomic E-state index is -0.505. The molecule has 2 aromatic carbocycles. The van der Waals surface area contributed by atoms with Gasteiger partial charge in [0.2, 0.25) is 0 Å². The van der Waals surface area contributed by atoms with Crippen LogP contribution < -0.4 is 5.32 Å². The maximum Gasteiger partial charge on any atom is 0.322 e. The summed E-state index contributed by atoms with van der Waals surface area (Å²) in [5, 5.41) is 11.5. The van der Waals surface area contributed by atoms with E-state index in [1.165, 1.54) is 12.1 Å². The summed E-state index contributed by atoms with van der Waals surface area (Å²) in [4.78, 5) is 12.2. The van der Waals surface area contributed by atoms with Gasteiger partial charge in [-0.05, 0) is 36.4 Å². The third kappa shape index (κ3) is 3.65. The topological polar surface area (TPSA) is 68.0 Å². The first-order valence-corrected chi connectivity index (χ1v) is 8.00. The highest BCUT2D eigenvalue weighted by Gasteiger charge is 2.16. The molecule has 1 aromatic heterocycles. The summed E-state index contributed by atoms with van der Waals surface area (Å²) in [5.41, 5.74) is 0.726. The molecule has 122 valence electrons. The van der Waals surface area contributed by atoms with Gasteiger partial charge in [0.05, 0.1) is 21.2 Å². The van der Waals surface area contributed by atoms with Gasteiger partial charge in [-0.25, -0.2) is 0 Å². The van der Waals surface area contributed by atoms with Gasteiger partial charge in [0, 0.05) is 10.0 Å². The molecule has 1 heterocycles. The number of nitrogens with one attached hydrogen (secondary N) is 1. The summed E-state index contributed by atoms with van der Waals surface area (Å²) in [7, 11) is 0. The number of amides is 1. The van der Waals surface area contributed by atoms with Crippen molar-refractivity contribution in [3.8, 4) is 11.5 Å². The van der Waals surface area contributed by atoms with Crippen molar-refractivity contribution in [1.82, 2.24) is 10.2 Å². The van der Waals surface area contributed by atoms with E-state index in [4.69, 9.17) is 50.8 Å². The lowest BCUT2D eigenvalue weighted by Gasteiger charge is -2.03. The lowest BCUT2D eigenvalue weighted by atomic mass is 10.2. The zero-order chi connectivity index (χ0) is 17.3. The van der Waals surface area contributed by atoms with Gasteiger partial charge in [0.15, 0.2) is 0 Å². The van der Waals surface area contributed by atoms with E-state index in [1.54, 1.807) is 24.3 Å². The van der Waals surface area contributed by atoms with Gasteiger partial charge in [-0.3, -0.25) is 10.1 Å². The van der Waals surface area contributed by atoms with Crippen molar-refractivity contribution in [3.05, 3.63) is 62.1 Å². The molecule has 24 heavy (non-hydrogen) atoms. The quantitative estimate of drug-likeness (QED) is 0.618. The minimum Gasteiger partial charge on any atom is -0.403 e. The largest absolute Gasteiger partial charge is 0.403 e. The van der Waals surface area contributed by atoms with Gasteiger partial charge in [-0.1, -0.05) is 51.5 Å². The molecule has 0 aliphatic rings. The third-order valence-electron chi connectivity index (χ3n) is 2.98. The molecule has 3 aromatic rings. The lowest BCUT2D eigenvalue weighted by molar-refractivity contribution is 0.102. The number of halogens is 4. The van der Waals surface area contributed by atoms with Gasteiger partial charge < -0.3 is 4.42 Å².